The maximum atomic E-state index is 2.35. The van der Waals surface area contributed by atoms with Crippen molar-refractivity contribution < 1.29 is 0 Å². The normalized spacial score (nSPS) is 11.8. The maximum Gasteiger partial charge on any atom is -0.00141 e. The van der Waals surface area contributed by atoms with E-state index in [2.05, 4.69) is 231 Å². The highest BCUT2D eigenvalue weighted by Crippen LogP contribution is 2.47. The van der Waals surface area contributed by atoms with Crippen molar-refractivity contribution in [1.82, 2.24) is 0 Å². The van der Waals surface area contributed by atoms with Gasteiger partial charge in [0.2, 0.25) is 0 Å². The number of benzene rings is 10. The van der Waals surface area contributed by atoms with E-state index in [1.54, 1.807) is 0 Å². The van der Waals surface area contributed by atoms with Crippen LogP contribution in [-0.4, -0.2) is 0 Å². The monoisotopic (exact) mass is 710 g/mol. The van der Waals surface area contributed by atoms with Crippen LogP contribution in [0.2, 0.25) is 0 Å². The van der Waals surface area contributed by atoms with Crippen molar-refractivity contribution in [3.05, 3.63) is 229 Å². The summed E-state index contributed by atoms with van der Waals surface area (Å²) >= 11 is 0. The molecule has 0 spiro atoms. The van der Waals surface area contributed by atoms with Crippen LogP contribution < -0.4 is 0 Å². The first-order valence-electron chi connectivity index (χ1n) is 19.3. The summed E-state index contributed by atoms with van der Waals surface area (Å²) in [5.41, 5.74) is 12.1. The van der Waals surface area contributed by atoms with Crippen molar-refractivity contribution in [3.8, 4) is 33.4 Å². The molecule has 0 aliphatic rings. The van der Waals surface area contributed by atoms with E-state index in [0.717, 1.165) is 0 Å². The van der Waals surface area contributed by atoms with Crippen molar-refractivity contribution in [2.75, 3.05) is 0 Å². The van der Waals surface area contributed by atoms with E-state index in [-0.39, 0.29) is 0 Å². The lowest BCUT2D eigenvalue weighted by Crippen LogP contribution is -1.93. The summed E-state index contributed by atoms with van der Waals surface area (Å²) in [6, 6.07) is 75.0. The zero-order valence-electron chi connectivity index (χ0n) is 30.9. The van der Waals surface area contributed by atoms with Gasteiger partial charge in [-0.25, -0.2) is 0 Å². The predicted molar refractivity (Wildman–Crippen MR) is 244 cm³/mol. The Morgan fingerprint density at radius 2 is 0.679 bits per heavy atom. The summed E-state index contributed by atoms with van der Waals surface area (Å²) in [7, 11) is 0. The Bertz CT molecular complexity index is 3120. The maximum absolute atomic E-state index is 2.35. The van der Waals surface area contributed by atoms with Gasteiger partial charge < -0.3 is 0 Å². The summed E-state index contributed by atoms with van der Waals surface area (Å²) in [5.74, 6) is 0. The summed E-state index contributed by atoms with van der Waals surface area (Å²) in [4.78, 5) is 0. The van der Waals surface area contributed by atoms with E-state index in [4.69, 9.17) is 0 Å². The Balaban J connectivity index is 1.14. The second kappa shape index (κ2) is 14.5. The molecule has 56 heavy (non-hydrogen) atoms. The van der Waals surface area contributed by atoms with E-state index in [0.29, 0.717) is 0 Å². The van der Waals surface area contributed by atoms with Gasteiger partial charge in [-0.1, -0.05) is 206 Å². The first-order chi connectivity index (χ1) is 27.7. The fraction of sp³-hybridized carbons (Fsp3) is 0. The van der Waals surface area contributed by atoms with E-state index in [1.165, 1.54) is 98.7 Å². The third-order valence-corrected chi connectivity index (χ3v) is 11.0. The van der Waals surface area contributed by atoms with Crippen LogP contribution in [0.3, 0.4) is 0 Å². The van der Waals surface area contributed by atoms with Gasteiger partial charge in [0.15, 0.2) is 0 Å². The molecule has 0 aliphatic heterocycles. The third kappa shape index (κ3) is 6.38. The van der Waals surface area contributed by atoms with Crippen molar-refractivity contribution in [2.45, 2.75) is 0 Å². The zero-order valence-corrected chi connectivity index (χ0v) is 30.9. The second-order valence-corrected chi connectivity index (χ2v) is 14.5. The topological polar surface area (TPSA) is 0 Å². The van der Waals surface area contributed by atoms with Crippen LogP contribution in [0.1, 0.15) is 22.3 Å². The Kier molecular flexibility index (Phi) is 8.63. The van der Waals surface area contributed by atoms with Gasteiger partial charge in [-0.15, -0.1) is 0 Å². The number of hydrogen-bond donors (Lipinski definition) is 0. The molecular formula is C56H38. The molecule has 0 saturated carbocycles. The molecule has 0 unspecified atom stereocenters. The average Bonchev–Trinajstić information content (AvgIpc) is 3.27. The van der Waals surface area contributed by atoms with E-state index in [9.17, 15) is 0 Å². The van der Waals surface area contributed by atoms with E-state index in [1.807, 2.05) is 0 Å². The van der Waals surface area contributed by atoms with E-state index < -0.39 is 0 Å². The first kappa shape index (κ1) is 33.3. The molecule has 10 rings (SSSR count). The van der Waals surface area contributed by atoms with Gasteiger partial charge in [-0.05, 0) is 123 Å². The number of hydrogen-bond acceptors (Lipinski definition) is 0. The highest BCUT2D eigenvalue weighted by atomic mass is 14.2. The fourth-order valence-electron chi connectivity index (χ4n) is 8.30. The minimum atomic E-state index is 1.17. The van der Waals surface area contributed by atoms with Gasteiger partial charge in [0.1, 0.15) is 0 Å². The molecule has 0 N–H and O–H groups in total. The summed E-state index contributed by atoms with van der Waals surface area (Å²) in [5, 5.41) is 10.0. The van der Waals surface area contributed by atoms with Crippen LogP contribution in [-0.2, 0) is 0 Å². The van der Waals surface area contributed by atoms with E-state index >= 15 is 0 Å². The van der Waals surface area contributed by atoms with Crippen molar-refractivity contribution in [2.24, 2.45) is 0 Å². The van der Waals surface area contributed by atoms with Gasteiger partial charge in [0, 0.05) is 0 Å². The number of fused-ring (bicyclic) bond motifs is 4. The predicted octanol–water partition coefficient (Wildman–Crippen LogP) is 15.6. The second-order valence-electron chi connectivity index (χ2n) is 14.5. The van der Waals surface area contributed by atoms with Crippen LogP contribution >= 0.6 is 0 Å². The molecule has 0 saturated heterocycles. The lowest BCUT2D eigenvalue weighted by molar-refractivity contribution is 1.61. The first-order valence-corrected chi connectivity index (χ1v) is 19.3. The van der Waals surface area contributed by atoms with Crippen LogP contribution in [0.15, 0.2) is 206 Å². The van der Waals surface area contributed by atoms with Crippen molar-refractivity contribution in [3.63, 3.8) is 0 Å². The molecule has 0 aromatic heterocycles. The van der Waals surface area contributed by atoms with Crippen LogP contribution in [0.25, 0.3) is 101 Å². The molecule has 0 fully saturated rings. The molecule has 0 bridgehead atoms. The van der Waals surface area contributed by atoms with Gasteiger partial charge in [-0.2, -0.15) is 0 Å². The summed E-state index contributed by atoms with van der Waals surface area (Å²) in [6.45, 7) is 0. The molecule has 0 heteroatoms. The quantitative estimate of drug-likeness (QED) is 0.114. The van der Waals surface area contributed by atoms with Crippen LogP contribution in [0.5, 0.6) is 0 Å². The van der Waals surface area contributed by atoms with Crippen molar-refractivity contribution in [1.29, 1.82) is 0 Å². The lowest BCUT2D eigenvalue weighted by Gasteiger charge is -2.20. The van der Waals surface area contributed by atoms with Gasteiger partial charge in [0.05, 0.1) is 0 Å². The average molecular weight is 711 g/mol. The van der Waals surface area contributed by atoms with Gasteiger partial charge >= 0.3 is 0 Å². The Labute approximate surface area is 328 Å². The highest BCUT2D eigenvalue weighted by molar-refractivity contribution is 6.24. The Morgan fingerprint density at radius 3 is 1.27 bits per heavy atom. The highest BCUT2D eigenvalue weighted by Gasteiger charge is 2.20. The molecule has 10 aromatic rings. The third-order valence-electron chi connectivity index (χ3n) is 11.0. The standard InChI is InChI=1S/C56H38/c1-2-17-45(18-3-1)50-25-12-26-53-54(48-21-10-13-39(37-48)27-29-41-31-33-43-15-4-6-19-46(43)35-41)51-23-8-9-24-52(51)55(56(50)53)49-22-11-14-40(38-49)28-30-42-32-34-44-16-5-7-20-47(44)36-42/h1-38H. The molecular weight excluding hydrogens is 673 g/mol. The molecule has 0 aliphatic carbocycles. The van der Waals surface area contributed by atoms with Crippen LogP contribution in [0, 0.1) is 0 Å². The fourth-order valence-corrected chi connectivity index (χ4v) is 8.30. The molecule has 0 nitrogen and oxygen atoms in total. The van der Waals surface area contributed by atoms with Crippen LogP contribution in [0.4, 0.5) is 0 Å². The largest absolute Gasteiger partial charge is 0.0622 e. The molecule has 0 heterocycles. The minimum absolute atomic E-state index is 1.17. The smallest absolute Gasteiger partial charge is 0.00141 e. The molecule has 10 aromatic carbocycles. The number of rotatable bonds is 7. The van der Waals surface area contributed by atoms with Gasteiger partial charge in [-0.3, -0.25) is 0 Å². The Hall–Kier alpha value is -7.28. The SMILES string of the molecule is C(=Cc1ccc2ccccc2c1)c1cccc(-c2c3ccccc3c(-c3cccc(C=Cc4ccc5ccccc5c4)c3)c3c(-c4ccccc4)cccc23)c1. The van der Waals surface area contributed by atoms with Crippen molar-refractivity contribution >= 4 is 67.4 Å². The minimum Gasteiger partial charge on any atom is -0.0622 e. The molecule has 0 radical (unpaired) electrons. The Morgan fingerprint density at radius 1 is 0.250 bits per heavy atom. The molecule has 0 atom stereocenters. The molecule has 262 valence electrons. The zero-order chi connectivity index (χ0) is 37.3. The van der Waals surface area contributed by atoms with Gasteiger partial charge in [0.25, 0.3) is 0 Å². The molecule has 0 amide bonds. The summed E-state index contributed by atoms with van der Waals surface area (Å²) in [6.07, 6.45) is 8.92. The lowest BCUT2D eigenvalue weighted by atomic mass is 9.82. The summed E-state index contributed by atoms with van der Waals surface area (Å²) < 4.78 is 0.